The number of carbonyl (C=O) groups is 1. The van der Waals surface area contributed by atoms with E-state index < -0.39 is 12.0 Å². The van der Waals surface area contributed by atoms with E-state index in [4.69, 9.17) is 5.11 Å². The number of carboxylic acid groups (broad SMARTS) is 1. The van der Waals surface area contributed by atoms with Gasteiger partial charge in [0.15, 0.2) is 0 Å². The minimum Gasteiger partial charge on any atom is -0.480 e. The summed E-state index contributed by atoms with van der Waals surface area (Å²) in [4.78, 5) is 13.0. The van der Waals surface area contributed by atoms with E-state index in [0.717, 1.165) is 16.6 Å². The Bertz CT molecular complexity index is 470. The summed E-state index contributed by atoms with van der Waals surface area (Å²) >= 11 is 3.46. The van der Waals surface area contributed by atoms with Gasteiger partial charge in [-0.3, -0.25) is 0 Å². The van der Waals surface area contributed by atoms with Gasteiger partial charge in [0.1, 0.15) is 6.04 Å². The Morgan fingerprint density at radius 2 is 2.24 bits per heavy atom. The summed E-state index contributed by atoms with van der Waals surface area (Å²) in [5, 5.41) is 9.90. The van der Waals surface area contributed by atoms with E-state index in [1.807, 2.05) is 29.2 Å². The van der Waals surface area contributed by atoms with Gasteiger partial charge in [-0.2, -0.15) is 0 Å². The van der Waals surface area contributed by atoms with Crippen LogP contribution in [0.2, 0.25) is 0 Å². The van der Waals surface area contributed by atoms with Crippen LogP contribution < -0.4 is 4.90 Å². The molecule has 1 atom stereocenters. The highest BCUT2D eigenvalue weighted by Gasteiger charge is 2.25. The van der Waals surface area contributed by atoms with Crippen LogP contribution in [-0.2, 0) is 4.79 Å². The Hall–Kier alpha value is -1.29. The van der Waals surface area contributed by atoms with Gasteiger partial charge in [0, 0.05) is 23.1 Å². The smallest absolute Gasteiger partial charge is 0.326 e. The normalized spacial score (nSPS) is 16.1. The average Bonchev–Trinajstić information content (AvgIpc) is 2.36. The summed E-state index contributed by atoms with van der Waals surface area (Å²) in [5.74, 6) is -0.796. The van der Waals surface area contributed by atoms with Gasteiger partial charge in [0.2, 0.25) is 0 Å². The van der Waals surface area contributed by atoms with E-state index in [-0.39, 0.29) is 0 Å². The fourth-order valence-electron chi connectivity index (χ4n) is 2.04. The predicted molar refractivity (Wildman–Crippen MR) is 72.7 cm³/mol. The summed E-state index contributed by atoms with van der Waals surface area (Å²) < 4.78 is 0. The highest BCUT2D eigenvalue weighted by atomic mass is 79.9. The van der Waals surface area contributed by atoms with Crippen LogP contribution >= 0.6 is 15.9 Å². The number of aliphatic carboxylic acids is 1. The number of fused-ring (bicyclic) bond motifs is 1. The molecule has 1 heterocycles. The summed E-state index contributed by atoms with van der Waals surface area (Å²) in [6.07, 6.45) is 2.08. The first-order chi connectivity index (χ1) is 8.15. The van der Waals surface area contributed by atoms with Crippen molar-refractivity contribution in [2.75, 3.05) is 16.8 Å². The third kappa shape index (κ3) is 2.22. The Morgan fingerprint density at radius 1 is 1.53 bits per heavy atom. The van der Waals surface area contributed by atoms with E-state index in [2.05, 4.69) is 22.0 Å². The van der Waals surface area contributed by atoms with Crippen molar-refractivity contribution in [3.8, 4) is 0 Å². The Labute approximate surface area is 109 Å². The summed E-state index contributed by atoms with van der Waals surface area (Å²) in [6.45, 7) is 2.36. The van der Waals surface area contributed by atoms with Crippen LogP contribution in [0, 0.1) is 0 Å². The number of hydrogen-bond donors (Lipinski definition) is 1. The van der Waals surface area contributed by atoms with Crippen LogP contribution in [0.25, 0.3) is 5.57 Å². The first-order valence-corrected chi connectivity index (χ1v) is 6.61. The third-order valence-electron chi connectivity index (χ3n) is 3.06. The molecule has 1 aliphatic rings. The zero-order chi connectivity index (χ0) is 12.4. The van der Waals surface area contributed by atoms with Gasteiger partial charge in [-0.15, -0.1) is 0 Å². The first-order valence-electron chi connectivity index (χ1n) is 5.49. The number of carboxylic acids is 1. The van der Waals surface area contributed by atoms with Gasteiger partial charge < -0.3 is 10.0 Å². The van der Waals surface area contributed by atoms with E-state index >= 15 is 0 Å². The predicted octanol–water partition coefficient (Wildman–Crippen LogP) is 2.76. The van der Waals surface area contributed by atoms with E-state index in [1.54, 1.807) is 6.92 Å². The molecule has 1 aromatic carbocycles. The van der Waals surface area contributed by atoms with Crippen LogP contribution in [-0.4, -0.2) is 29.0 Å². The monoisotopic (exact) mass is 295 g/mol. The molecule has 17 heavy (non-hydrogen) atoms. The highest BCUT2D eigenvalue weighted by molar-refractivity contribution is 9.09. The lowest BCUT2D eigenvalue weighted by Crippen LogP contribution is -2.41. The molecule has 0 saturated heterocycles. The van der Waals surface area contributed by atoms with Crippen LogP contribution in [0.3, 0.4) is 0 Å². The molecule has 1 aliphatic heterocycles. The van der Waals surface area contributed by atoms with Gasteiger partial charge in [0.05, 0.1) is 0 Å². The van der Waals surface area contributed by atoms with Crippen LogP contribution in [0.4, 0.5) is 5.69 Å². The van der Waals surface area contributed by atoms with Crippen LogP contribution in [0.15, 0.2) is 30.3 Å². The molecule has 4 heteroatoms. The van der Waals surface area contributed by atoms with Gasteiger partial charge in [0.25, 0.3) is 0 Å². The number of alkyl halides is 1. The molecule has 0 saturated carbocycles. The molecule has 1 aromatic rings. The van der Waals surface area contributed by atoms with Gasteiger partial charge in [-0.25, -0.2) is 4.79 Å². The molecule has 0 aliphatic carbocycles. The fourth-order valence-corrected chi connectivity index (χ4v) is 2.57. The highest BCUT2D eigenvalue weighted by Crippen LogP contribution is 2.33. The topological polar surface area (TPSA) is 40.5 Å². The second-order valence-corrected chi connectivity index (χ2v) is 4.61. The maximum Gasteiger partial charge on any atom is 0.326 e. The third-order valence-corrected chi connectivity index (χ3v) is 3.67. The molecule has 3 nitrogen and oxygen atoms in total. The molecular weight excluding hydrogens is 282 g/mol. The molecule has 2 rings (SSSR count). The maximum atomic E-state index is 11.1. The molecule has 0 radical (unpaired) electrons. The van der Waals surface area contributed by atoms with Crippen LogP contribution in [0.1, 0.15) is 12.5 Å². The molecular formula is C13H14BrNO2. The summed E-state index contributed by atoms with van der Waals surface area (Å²) in [7, 11) is 0. The van der Waals surface area contributed by atoms with E-state index in [0.29, 0.717) is 6.54 Å². The zero-order valence-corrected chi connectivity index (χ0v) is 11.1. The lowest BCUT2D eigenvalue weighted by molar-refractivity contribution is -0.138. The Morgan fingerprint density at radius 3 is 2.88 bits per heavy atom. The maximum absolute atomic E-state index is 11.1. The van der Waals surface area contributed by atoms with Crippen molar-refractivity contribution in [2.45, 2.75) is 13.0 Å². The lowest BCUT2D eigenvalue weighted by Gasteiger charge is -2.33. The van der Waals surface area contributed by atoms with Crippen LogP contribution in [0.5, 0.6) is 0 Å². The van der Waals surface area contributed by atoms with Gasteiger partial charge in [-0.1, -0.05) is 40.2 Å². The molecule has 90 valence electrons. The van der Waals surface area contributed by atoms with E-state index in [9.17, 15) is 4.79 Å². The molecule has 1 unspecified atom stereocenters. The van der Waals surface area contributed by atoms with Crippen molar-refractivity contribution >= 4 is 33.2 Å². The largest absolute Gasteiger partial charge is 0.480 e. The molecule has 0 spiro atoms. The molecule has 0 amide bonds. The molecule has 0 bridgehead atoms. The second kappa shape index (κ2) is 4.92. The molecule has 1 N–H and O–H groups in total. The van der Waals surface area contributed by atoms with Crippen molar-refractivity contribution in [1.29, 1.82) is 0 Å². The van der Waals surface area contributed by atoms with Crippen molar-refractivity contribution in [3.05, 3.63) is 35.9 Å². The number of benzene rings is 1. The Balaban J connectivity index is 2.43. The minimum absolute atomic E-state index is 0.510. The van der Waals surface area contributed by atoms with Gasteiger partial charge >= 0.3 is 5.97 Å². The number of para-hydroxylation sites is 1. The summed E-state index contributed by atoms with van der Waals surface area (Å²) in [5.41, 5.74) is 3.33. The summed E-state index contributed by atoms with van der Waals surface area (Å²) in [6, 6.07) is 7.42. The quantitative estimate of drug-likeness (QED) is 0.872. The zero-order valence-electron chi connectivity index (χ0n) is 9.56. The molecule has 0 fully saturated rings. The lowest BCUT2D eigenvalue weighted by atomic mass is 9.99. The van der Waals surface area contributed by atoms with Crippen molar-refractivity contribution in [2.24, 2.45) is 0 Å². The first kappa shape index (κ1) is 12.2. The standard InChI is InChI=1S/C13H14BrNO2/c1-9(13(16)17)15-7-6-10(8-14)11-4-2-3-5-12(11)15/h2-6,9H,7-8H2,1H3,(H,16,17). The fraction of sp³-hybridized carbons (Fsp3) is 0.308. The number of hydrogen-bond acceptors (Lipinski definition) is 2. The second-order valence-electron chi connectivity index (χ2n) is 4.05. The number of rotatable bonds is 3. The number of allylic oxidation sites excluding steroid dienone is 1. The average molecular weight is 296 g/mol. The van der Waals surface area contributed by atoms with Crippen molar-refractivity contribution < 1.29 is 9.90 Å². The molecule has 0 aromatic heterocycles. The number of halogens is 1. The Kier molecular flexibility index (Phi) is 3.52. The SMILES string of the molecule is CC(C(=O)O)N1CC=C(CBr)c2ccccc21. The van der Waals surface area contributed by atoms with E-state index in [1.165, 1.54) is 5.57 Å². The van der Waals surface area contributed by atoms with Gasteiger partial charge in [-0.05, 0) is 18.6 Å². The van der Waals surface area contributed by atoms with Crippen molar-refractivity contribution in [1.82, 2.24) is 0 Å². The van der Waals surface area contributed by atoms with Crippen molar-refractivity contribution in [3.63, 3.8) is 0 Å². The number of nitrogens with zero attached hydrogens (tertiary/aromatic N) is 1. The number of anilines is 1. The minimum atomic E-state index is -0.796.